The number of piperidine rings is 1. The molecule has 3 atom stereocenters. The van der Waals surface area contributed by atoms with Gasteiger partial charge in [0.15, 0.2) is 0 Å². The van der Waals surface area contributed by atoms with Crippen molar-refractivity contribution in [3.8, 4) is 0 Å². The quantitative estimate of drug-likeness (QED) is 0.856. The molecule has 106 valence electrons. The monoisotopic (exact) mass is 280 g/mol. The number of hydrogen-bond acceptors (Lipinski definition) is 2. The Morgan fingerprint density at radius 3 is 2.79 bits per heavy atom. The molecule has 1 aromatic rings. The average Bonchev–Trinajstić information content (AvgIpc) is 2.41. The highest BCUT2D eigenvalue weighted by Crippen LogP contribution is 2.36. The zero-order valence-electron chi connectivity index (χ0n) is 11.7. The number of rotatable bonds is 1. The van der Waals surface area contributed by atoms with Crippen LogP contribution in [0.1, 0.15) is 43.4 Å². The fraction of sp³-hybridized carbons (Fsp3) is 0.625. The van der Waals surface area contributed by atoms with E-state index in [9.17, 15) is 0 Å². The Balaban J connectivity index is 0.00000133. The predicted octanol–water partition coefficient (Wildman–Crippen LogP) is 3.15. The van der Waals surface area contributed by atoms with E-state index in [1.54, 1.807) is 11.1 Å². The van der Waals surface area contributed by atoms with Crippen LogP contribution in [-0.2, 0) is 6.42 Å². The Labute approximate surface area is 122 Å². The second-order valence-electron chi connectivity index (χ2n) is 6.03. The fourth-order valence-electron chi connectivity index (χ4n) is 3.59. The summed E-state index contributed by atoms with van der Waals surface area (Å²) in [7, 11) is 0. The molecule has 3 unspecified atom stereocenters. The van der Waals surface area contributed by atoms with Crippen LogP contribution in [-0.4, -0.2) is 24.0 Å². The largest absolute Gasteiger partial charge is 0.327 e. The van der Waals surface area contributed by atoms with Crippen molar-refractivity contribution in [2.45, 2.75) is 44.7 Å². The van der Waals surface area contributed by atoms with Crippen LogP contribution in [0.2, 0.25) is 0 Å². The zero-order valence-corrected chi connectivity index (χ0v) is 12.5. The molecule has 0 radical (unpaired) electrons. The first-order valence-corrected chi connectivity index (χ1v) is 7.33. The van der Waals surface area contributed by atoms with Crippen LogP contribution in [0.15, 0.2) is 24.3 Å². The van der Waals surface area contributed by atoms with Gasteiger partial charge in [-0.15, -0.1) is 12.4 Å². The summed E-state index contributed by atoms with van der Waals surface area (Å²) in [4.78, 5) is 2.67. The van der Waals surface area contributed by atoms with Crippen LogP contribution in [0.25, 0.3) is 0 Å². The Kier molecular flexibility index (Phi) is 4.88. The summed E-state index contributed by atoms with van der Waals surface area (Å²) >= 11 is 0. The number of benzene rings is 1. The lowest BCUT2D eigenvalue weighted by Gasteiger charge is -2.42. The maximum absolute atomic E-state index is 6.14. The van der Waals surface area contributed by atoms with Gasteiger partial charge in [0, 0.05) is 25.2 Å². The molecule has 0 amide bonds. The highest BCUT2D eigenvalue weighted by atomic mass is 35.5. The van der Waals surface area contributed by atoms with Gasteiger partial charge in [-0.3, -0.25) is 4.90 Å². The van der Waals surface area contributed by atoms with Gasteiger partial charge in [-0.25, -0.2) is 0 Å². The van der Waals surface area contributed by atoms with Crippen LogP contribution in [0.3, 0.4) is 0 Å². The molecule has 0 aromatic heterocycles. The van der Waals surface area contributed by atoms with E-state index in [1.165, 1.54) is 32.4 Å². The third kappa shape index (κ3) is 2.96. The molecular formula is C16H25ClN2. The maximum atomic E-state index is 6.14. The molecule has 3 heteroatoms. The summed E-state index contributed by atoms with van der Waals surface area (Å²) < 4.78 is 0. The highest BCUT2D eigenvalue weighted by Gasteiger charge is 2.31. The Hall–Kier alpha value is -0.570. The lowest BCUT2D eigenvalue weighted by molar-refractivity contribution is 0.105. The Bertz CT molecular complexity index is 421. The standard InChI is InChI=1S/C16H24N2.ClH/c1-12-11-18(10-9-15(12)17)16-8-4-6-13-5-2-3-7-14(13)16;/h2-3,5,7,12,15-16H,4,6,8-11,17H2,1H3;1H. The van der Waals surface area contributed by atoms with Crippen LogP contribution in [0.5, 0.6) is 0 Å². The maximum Gasteiger partial charge on any atom is 0.0351 e. The molecule has 1 saturated heterocycles. The van der Waals surface area contributed by atoms with Crippen LogP contribution in [0.4, 0.5) is 0 Å². The third-order valence-corrected chi connectivity index (χ3v) is 4.78. The van der Waals surface area contributed by atoms with Crippen molar-refractivity contribution in [1.29, 1.82) is 0 Å². The van der Waals surface area contributed by atoms with Crippen LogP contribution in [0, 0.1) is 5.92 Å². The average molecular weight is 281 g/mol. The summed E-state index contributed by atoms with van der Waals surface area (Å²) in [5.41, 5.74) is 9.28. The molecule has 1 aliphatic carbocycles. The fourth-order valence-corrected chi connectivity index (χ4v) is 3.59. The van der Waals surface area contributed by atoms with Crippen molar-refractivity contribution in [1.82, 2.24) is 4.90 Å². The molecule has 1 fully saturated rings. The van der Waals surface area contributed by atoms with E-state index in [0.717, 1.165) is 6.42 Å². The molecule has 0 bridgehead atoms. The molecule has 0 spiro atoms. The zero-order chi connectivity index (χ0) is 12.5. The molecule has 0 saturated carbocycles. The molecule has 1 aromatic carbocycles. The highest BCUT2D eigenvalue weighted by molar-refractivity contribution is 5.85. The van der Waals surface area contributed by atoms with Crippen molar-refractivity contribution >= 4 is 12.4 Å². The second kappa shape index (κ2) is 6.25. The minimum atomic E-state index is 0. The van der Waals surface area contributed by atoms with E-state index in [1.807, 2.05) is 0 Å². The van der Waals surface area contributed by atoms with Gasteiger partial charge < -0.3 is 5.73 Å². The molecule has 2 nitrogen and oxygen atoms in total. The Morgan fingerprint density at radius 2 is 2.00 bits per heavy atom. The van der Waals surface area contributed by atoms with Crippen molar-refractivity contribution in [3.63, 3.8) is 0 Å². The summed E-state index contributed by atoms with van der Waals surface area (Å²) in [5, 5.41) is 0. The van der Waals surface area contributed by atoms with Crippen LogP contribution >= 0.6 is 12.4 Å². The predicted molar refractivity (Wildman–Crippen MR) is 82.7 cm³/mol. The van der Waals surface area contributed by atoms with E-state index in [2.05, 4.69) is 36.1 Å². The second-order valence-corrected chi connectivity index (χ2v) is 6.03. The van der Waals surface area contributed by atoms with Crippen LogP contribution < -0.4 is 5.73 Å². The first kappa shape index (κ1) is 14.8. The van der Waals surface area contributed by atoms with E-state index in [0.29, 0.717) is 18.0 Å². The number of nitrogens with zero attached hydrogens (tertiary/aromatic N) is 1. The van der Waals surface area contributed by atoms with Gasteiger partial charge in [0.05, 0.1) is 0 Å². The molecule has 3 rings (SSSR count). The number of aryl methyl sites for hydroxylation is 1. The van der Waals surface area contributed by atoms with E-state index in [4.69, 9.17) is 5.73 Å². The smallest absolute Gasteiger partial charge is 0.0351 e. The van der Waals surface area contributed by atoms with Crippen molar-refractivity contribution in [2.75, 3.05) is 13.1 Å². The topological polar surface area (TPSA) is 29.3 Å². The minimum Gasteiger partial charge on any atom is -0.327 e. The molecule has 2 aliphatic rings. The summed E-state index contributed by atoms with van der Waals surface area (Å²) in [5.74, 6) is 0.632. The van der Waals surface area contributed by atoms with Gasteiger partial charge in [0.25, 0.3) is 0 Å². The normalized spacial score (nSPS) is 31.4. The number of hydrogen-bond donors (Lipinski definition) is 1. The number of likely N-dealkylation sites (tertiary alicyclic amines) is 1. The minimum absolute atomic E-state index is 0. The van der Waals surface area contributed by atoms with Gasteiger partial charge in [-0.1, -0.05) is 31.2 Å². The summed E-state index contributed by atoms with van der Waals surface area (Å²) in [6.07, 6.45) is 5.06. The van der Waals surface area contributed by atoms with Crippen molar-refractivity contribution in [2.24, 2.45) is 11.7 Å². The SMILES string of the molecule is CC1CN(C2CCCc3ccccc32)CCC1N.Cl. The molecule has 2 N–H and O–H groups in total. The van der Waals surface area contributed by atoms with E-state index >= 15 is 0 Å². The lowest BCUT2D eigenvalue weighted by atomic mass is 9.84. The molecule has 1 aliphatic heterocycles. The van der Waals surface area contributed by atoms with Gasteiger partial charge in [-0.05, 0) is 42.7 Å². The van der Waals surface area contributed by atoms with Gasteiger partial charge >= 0.3 is 0 Å². The molecule has 19 heavy (non-hydrogen) atoms. The molecule has 1 heterocycles. The van der Waals surface area contributed by atoms with E-state index in [-0.39, 0.29) is 12.4 Å². The number of fused-ring (bicyclic) bond motifs is 1. The summed E-state index contributed by atoms with van der Waals surface area (Å²) in [6, 6.07) is 10.1. The number of nitrogens with two attached hydrogens (primary N) is 1. The Morgan fingerprint density at radius 1 is 1.21 bits per heavy atom. The van der Waals surface area contributed by atoms with Crippen molar-refractivity contribution in [3.05, 3.63) is 35.4 Å². The van der Waals surface area contributed by atoms with Crippen molar-refractivity contribution < 1.29 is 0 Å². The van der Waals surface area contributed by atoms with Gasteiger partial charge in [-0.2, -0.15) is 0 Å². The first-order chi connectivity index (χ1) is 8.75. The first-order valence-electron chi connectivity index (χ1n) is 7.33. The summed E-state index contributed by atoms with van der Waals surface area (Å²) in [6.45, 7) is 4.64. The number of halogens is 1. The van der Waals surface area contributed by atoms with Gasteiger partial charge in [0.1, 0.15) is 0 Å². The van der Waals surface area contributed by atoms with E-state index < -0.39 is 0 Å². The molecular weight excluding hydrogens is 256 g/mol. The lowest BCUT2D eigenvalue weighted by Crippen LogP contribution is -2.47. The third-order valence-electron chi connectivity index (χ3n) is 4.78. The van der Waals surface area contributed by atoms with Gasteiger partial charge in [0.2, 0.25) is 0 Å².